The molecule has 1 heterocycles. The molecule has 2 amide bonds. The Bertz CT molecular complexity index is 258. The summed E-state index contributed by atoms with van der Waals surface area (Å²) in [6.45, 7) is 0. The molecule has 0 aliphatic carbocycles. The van der Waals surface area contributed by atoms with E-state index < -0.39 is 0 Å². The normalized spacial score (nSPS) is 9.17. The van der Waals surface area contributed by atoms with Crippen molar-refractivity contribution in [2.45, 2.75) is 0 Å². The van der Waals surface area contributed by atoms with Crippen molar-refractivity contribution in [1.82, 2.24) is 4.90 Å². The van der Waals surface area contributed by atoms with Crippen LogP contribution in [0.25, 0.3) is 0 Å². The topological polar surface area (TPSA) is 36.2 Å². The van der Waals surface area contributed by atoms with Gasteiger partial charge in [-0.3, -0.25) is 0 Å². The molecule has 0 bridgehead atoms. The SMILES string of the molecule is CN(C)C(=O)N[n+]1ccccc1. The third-order valence-corrected chi connectivity index (χ3v) is 1.35. The first-order chi connectivity index (χ1) is 5.70. The summed E-state index contributed by atoms with van der Waals surface area (Å²) in [5, 5.41) is 0. The minimum Gasteiger partial charge on any atom is -0.327 e. The maximum atomic E-state index is 11.1. The molecule has 0 spiro atoms. The highest BCUT2D eigenvalue weighted by molar-refractivity contribution is 5.79. The molecule has 0 aliphatic rings. The molecule has 64 valence electrons. The lowest BCUT2D eigenvalue weighted by Crippen LogP contribution is -2.50. The third kappa shape index (κ3) is 2.23. The van der Waals surface area contributed by atoms with E-state index in [0.29, 0.717) is 0 Å². The molecule has 1 rings (SSSR count). The number of carbonyl (C=O) groups excluding carboxylic acids is 1. The van der Waals surface area contributed by atoms with Crippen LogP contribution >= 0.6 is 0 Å². The van der Waals surface area contributed by atoms with Gasteiger partial charge in [0.1, 0.15) is 0 Å². The Morgan fingerprint density at radius 2 is 1.83 bits per heavy atom. The van der Waals surface area contributed by atoms with E-state index >= 15 is 0 Å². The summed E-state index contributed by atoms with van der Waals surface area (Å²) in [6, 6.07) is 5.43. The number of pyridine rings is 1. The number of carbonyl (C=O) groups is 1. The zero-order valence-corrected chi connectivity index (χ0v) is 7.19. The molecule has 12 heavy (non-hydrogen) atoms. The van der Waals surface area contributed by atoms with E-state index in [-0.39, 0.29) is 6.03 Å². The van der Waals surface area contributed by atoms with E-state index in [1.807, 2.05) is 18.2 Å². The van der Waals surface area contributed by atoms with Gasteiger partial charge >= 0.3 is 6.03 Å². The summed E-state index contributed by atoms with van der Waals surface area (Å²) in [4.78, 5) is 12.6. The molecule has 0 aromatic carbocycles. The standard InChI is InChI=1S/C8H11N3O/c1-10(2)8(12)9-11-6-4-3-5-7-11/h3-7H,1-2H3/p+1. The first kappa shape index (κ1) is 8.52. The van der Waals surface area contributed by atoms with Gasteiger partial charge in [0, 0.05) is 26.2 Å². The molecule has 4 nitrogen and oxygen atoms in total. The Labute approximate surface area is 71.4 Å². The van der Waals surface area contributed by atoms with Crippen LogP contribution in [-0.4, -0.2) is 25.0 Å². The molecule has 4 heteroatoms. The molecular weight excluding hydrogens is 154 g/mol. The maximum absolute atomic E-state index is 11.1. The molecule has 0 unspecified atom stereocenters. The van der Waals surface area contributed by atoms with Crippen LogP contribution < -0.4 is 10.1 Å². The van der Waals surface area contributed by atoms with Crippen molar-refractivity contribution < 1.29 is 9.47 Å². The van der Waals surface area contributed by atoms with Crippen molar-refractivity contribution >= 4 is 6.03 Å². The van der Waals surface area contributed by atoms with Gasteiger partial charge in [-0.15, -0.1) is 5.43 Å². The molecule has 0 aliphatic heterocycles. The fraction of sp³-hybridized carbons (Fsp3) is 0.250. The second-order valence-corrected chi connectivity index (χ2v) is 2.59. The van der Waals surface area contributed by atoms with Crippen molar-refractivity contribution in [1.29, 1.82) is 0 Å². The fourth-order valence-electron chi connectivity index (χ4n) is 0.684. The van der Waals surface area contributed by atoms with Crippen molar-refractivity contribution in [3.05, 3.63) is 30.6 Å². The number of amides is 2. The Balaban J connectivity index is 2.59. The summed E-state index contributed by atoms with van der Waals surface area (Å²) >= 11 is 0. The van der Waals surface area contributed by atoms with Crippen LogP contribution in [0, 0.1) is 0 Å². The molecule has 0 radical (unpaired) electrons. The summed E-state index contributed by atoms with van der Waals surface area (Å²) < 4.78 is 1.60. The van der Waals surface area contributed by atoms with E-state index in [1.165, 1.54) is 4.90 Å². The highest BCUT2D eigenvalue weighted by atomic mass is 16.2. The largest absolute Gasteiger partial charge is 0.370 e. The molecule has 1 aromatic rings. The van der Waals surface area contributed by atoms with E-state index in [4.69, 9.17) is 0 Å². The molecule has 0 atom stereocenters. The summed E-state index contributed by atoms with van der Waals surface area (Å²) in [6.07, 6.45) is 3.53. The Kier molecular flexibility index (Phi) is 2.63. The first-order valence-electron chi connectivity index (χ1n) is 3.65. The highest BCUT2D eigenvalue weighted by Crippen LogP contribution is 1.77. The van der Waals surface area contributed by atoms with E-state index in [0.717, 1.165) is 0 Å². The van der Waals surface area contributed by atoms with Gasteiger partial charge in [-0.2, -0.15) is 0 Å². The third-order valence-electron chi connectivity index (χ3n) is 1.35. The van der Waals surface area contributed by atoms with Crippen LogP contribution in [0.2, 0.25) is 0 Å². The van der Waals surface area contributed by atoms with E-state index in [9.17, 15) is 4.79 Å². The lowest BCUT2D eigenvalue weighted by Gasteiger charge is -2.06. The Morgan fingerprint density at radius 3 is 2.33 bits per heavy atom. The second kappa shape index (κ2) is 3.71. The number of hydrogen-bond acceptors (Lipinski definition) is 1. The lowest BCUT2D eigenvalue weighted by molar-refractivity contribution is -0.641. The van der Waals surface area contributed by atoms with Crippen molar-refractivity contribution in [2.24, 2.45) is 0 Å². The predicted molar refractivity (Wildman–Crippen MR) is 45.1 cm³/mol. The van der Waals surface area contributed by atoms with Crippen LogP contribution in [-0.2, 0) is 0 Å². The van der Waals surface area contributed by atoms with Crippen molar-refractivity contribution in [3.8, 4) is 0 Å². The van der Waals surface area contributed by atoms with Crippen LogP contribution in [0.15, 0.2) is 30.6 Å². The van der Waals surface area contributed by atoms with Gasteiger partial charge in [-0.1, -0.05) is 10.7 Å². The van der Waals surface area contributed by atoms with Crippen LogP contribution in [0.5, 0.6) is 0 Å². The molecule has 0 saturated heterocycles. The Hall–Kier alpha value is -1.58. The number of hydrogen-bond donors (Lipinski definition) is 1. The molecule has 0 saturated carbocycles. The number of rotatable bonds is 1. The quantitative estimate of drug-likeness (QED) is 0.594. The monoisotopic (exact) mass is 166 g/mol. The maximum Gasteiger partial charge on any atom is 0.370 e. The fourth-order valence-corrected chi connectivity index (χ4v) is 0.684. The highest BCUT2D eigenvalue weighted by Gasteiger charge is 2.06. The van der Waals surface area contributed by atoms with Crippen LogP contribution in [0.4, 0.5) is 4.79 Å². The minimum absolute atomic E-state index is 0.147. The predicted octanol–water partition coefficient (Wildman–Crippen LogP) is 0.199. The molecule has 1 N–H and O–H groups in total. The number of urea groups is 1. The van der Waals surface area contributed by atoms with Gasteiger partial charge in [0.2, 0.25) is 0 Å². The zero-order chi connectivity index (χ0) is 8.97. The minimum atomic E-state index is -0.147. The smallest absolute Gasteiger partial charge is 0.327 e. The lowest BCUT2D eigenvalue weighted by atomic mass is 10.5. The average Bonchev–Trinajstić information content (AvgIpc) is 2.06. The summed E-state index contributed by atoms with van der Waals surface area (Å²) in [5.74, 6) is 0. The van der Waals surface area contributed by atoms with Gasteiger partial charge in [-0.05, 0) is 0 Å². The van der Waals surface area contributed by atoms with Gasteiger partial charge in [0.15, 0.2) is 12.4 Å². The van der Waals surface area contributed by atoms with Crippen LogP contribution in [0.3, 0.4) is 0 Å². The van der Waals surface area contributed by atoms with Gasteiger partial charge < -0.3 is 4.90 Å². The summed E-state index contributed by atoms with van der Waals surface area (Å²) in [5.41, 5.74) is 2.64. The van der Waals surface area contributed by atoms with Gasteiger partial charge in [0.05, 0.1) is 0 Å². The van der Waals surface area contributed by atoms with Crippen LogP contribution in [0.1, 0.15) is 0 Å². The molecule has 1 aromatic heterocycles. The van der Waals surface area contributed by atoms with Gasteiger partial charge in [-0.25, -0.2) is 4.79 Å². The van der Waals surface area contributed by atoms with Crippen molar-refractivity contribution in [3.63, 3.8) is 0 Å². The van der Waals surface area contributed by atoms with Gasteiger partial charge in [0.25, 0.3) is 0 Å². The van der Waals surface area contributed by atoms with Crippen molar-refractivity contribution in [2.75, 3.05) is 19.5 Å². The molecular formula is C8H12N3O+. The average molecular weight is 166 g/mol. The Morgan fingerprint density at radius 1 is 1.25 bits per heavy atom. The summed E-state index contributed by atoms with van der Waals surface area (Å²) in [7, 11) is 3.39. The number of aromatic nitrogens is 1. The van der Waals surface area contributed by atoms with E-state index in [1.54, 1.807) is 31.2 Å². The zero-order valence-electron chi connectivity index (χ0n) is 7.19. The first-order valence-corrected chi connectivity index (χ1v) is 3.65. The number of nitrogens with one attached hydrogen (secondary N) is 1. The van der Waals surface area contributed by atoms with E-state index in [2.05, 4.69) is 5.43 Å². The molecule has 0 fully saturated rings. The second-order valence-electron chi connectivity index (χ2n) is 2.59. The number of nitrogens with zero attached hydrogens (tertiary/aromatic N) is 2.